The van der Waals surface area contributed by atoms with Crippen LogP contribution in [0, 0.1) is 13.8 Å². The number of ether oxygens (including phenoxy) is 2. The van der Waals surface area contributed by atoms with Crippen molar-refractivity contribution in [2.24, 2.45) is 0 Å². The van der Waals surface area contributed by atoms with Crippen molar-refractivity contribution in [1.82, 2.24) is 0 Å². The quantitative estimate of drug-likeness (QED) is 0.584. The summed E-state index contributed by atoms with van der Waals surface area (Å²) in [5.74, 6) is 0.301. The third kappa shape index (κ3) is 4.57. The molecule has 4 heteroatoms. The van der Waals surface area contributed by atoms with Crippen LogP contribution in [0.3, 0.4) is 0 Å². The molecule has 0 aromatic heterocycles. The largest absolute Gasteiger partial charge is 0.482 e. The Hall–Kier alpha value is -1.22. The first-order valence-electron chi connectivity index (χ1n) is 6.09. The number of carbonyl (C=O) groups is 1. The molecular formula is C14H19ClO3. The van der Waals surface area contributed by atoms with Gasteiger partial charge in [-0.15, -0.1) is 0 Å². The number of benzene rings is 1. The van der Waals surface area contributed by atoms with E-state index in [1.165, 1.54) is 0 Å². The molecule has 100 valence electrons. The second-order valence-corrected chi connectivity index (χ2v) is 4.61. The molecule has 0 spiro atoms. The predicted molar refractivity (Wildman–Crippen MR) is 72.3 cm³/mol. The molecule has 0 saturated heterocycles. The molecule has 18 heavy (non-hydrogen) atoms. The summed E-state index contributed by atoms with van der Waals surface area (Å²) < 4.78 is 10.4. The Bertz CT molecular complexity index is 392. The Morgan fingerprint density at radius 2 is 1.89 bits per heavy atom. The van der Waals surface area contributed by atoms with Crippen LogP contribution in [0.25, 0.3) is 0 Å². The number of carbonyl (C=O) groups excluding carboxylic acids is 1. The van der Waals surface area contributed by atoms with Crippen LogP contribution in [0.1, 0.15) is 30.9 Å². The molecule has 0 aliphatic rings. The highest BCUT2D eigenvalue weighted by Gasteiger charge is 2.07. The molecule has 0 radical (unpaired) electrons. The fourth-order valence-corrected chi connectivity index (χ4v) is 1.61. The van der Waals surface area contributed by atoms with Gasteiger partial charge in [0.25, 0.3) is 0 Å². The first-order chi connectivity index (χ1) is 8.54. The lowest BCUT2D eigenvalue weighted by atomic mass is 10.1. The second kappa shape index (κ2) is 7.27. The number of rotatable bonds is 6. The number of hydrogen-bond acceptors (Lipinski definition) is 3. The zero-order valence-electron chi connectivity index (χ0n) is 11.1. The van der Waals surface area contributed by atoms with Crippen molar-refractivity contribution in [3.8, 4) is 5.75 Å². The number of halogens is 1. The molecule has 1 aromatic rings. The third-order valence-corrected chi connectivity index (χ3v) is 3.12. The SMILES string of the molecule is CCCCOC(=O)COc1cc(C)c(Cl)c(C)c1. The van der Waals surface area contributed by atoms with Crippen molar-refractivity contribution in [3.63, 3.8) is 0 Å². The fourth-order valence-electron chi connectivity index (χ4n) is 1.50. The molecule has 1 aromatic carbocycles. The van der Waals surface area contributed by atoms with Gasteiger partial charge < -0.3 is 9.47 Å². The van der Waals surface area contributed by atoms with Crippen molar-refractivity contribution in [1.29, 1.82) is 0 Å². The van der Waals surface area contributed by atoms with Crippen LogP contribution in [0.5, 0.6) is 5.75 Å². The molecule has 0 aliphatic heterocycles. The molecule has 0 atom stereocenters. The van der Waals surface area contributed by atoms with Crippen molar-refractivity contribution < 1.29 is 14.3 Å². The minimum absolute atomic E-state index is 0.0653. The van der Waals surface area contributed by atoms with Crippen molar-refractivity contribution in [2.45, 2.75) is 33.6 Å². The molecule has 0 heterocycles. The standard InChI is InChI=1S/C14H19ClO3/c1-4-5-6-17-13(16)9-18-12-7-10(2)14(15)11(3)8-12/h7-8H,4-6,9H2,1-3H3. The van der Waals surface area contributed by atoms with Gasteiger partial charge in [0.2, 0.25) is 0 Å². The predicted octanol–water partition coefficient (Wildman–Crippen LogP) is 3.68. The average molecular weight is 271 g/mol. The molecule has 1 rings (SSSR count). The summed E-state index contributed by atoms with van der Waals surface area (Å²) in [6.07, 6.45) is 1.88. The maximum Gasteiger partial charge on any atom is 0.344 e. The topological polar surface area (TPSA) is 35.5 Å². The van der Waals surface area contributed by atoms with Gasteiger partial charge in [-0.05, 0) is 43.5 Å². The van der Waals surface area contributed by atoms with Crippen molar-refractivity contribution >= 4 is 17.6 Å². The van der Waals surface area contributed by atoms with E-state index in [0.717, 1.165) is 29.0 Å². The van der Waals surface area contributed by atoms with Gasteiger partial charge in [-0.1, -0.05) is 24.9 Å². The lowest BCUT2D eigenvalue weighted by molar-refractivity contribution is -0.146. The molecule has 0 bridgehead atoms. The van der Waals surface area contributed by atoms with Crippen LogP contribution in [0.2, 0.25) is 5.02 Å². The van der Waals surface area contributed by atoms with Crippen molar-refractivity contribution in [2.75, 3.05) is 13.2 Å². The summed E-state index contributed by atoms with van der Waals surface area (Å²) in [4.78, 5) is 11.4. The molecule has 0 saturated carbocycles. The molecule has 0 amide bonds. The summed E-state index contributed by atoms with van der Waals surface area (Å²) in [6.45, 7) is 6.24. The summed E-state index contributed by atoms with van der Waals surface area (Å²) in [6, 6.07) is 3.63. The van der Waals surface area contributed by atoms with Gasteiger partial charge in [0, 0.05) is 5.02 Å². The van der Waals surface area contributed by atoms with Gasteiger partial charge in [-0.2, -0.15) is 0 Å². The maximum absolute atomic E-state index is 11.4. The minimum atomic E-state index is -0.339. The van der Waals surface area contributed by atoms with E-state index in [0.29, 0.717) is 12.4 Å². The van der Waals surface area contributed by atoms with Gasteiger partial charge in [0.05, 0.1) is 6.61 Å². The lowest BCUT2D eigenvalue weighted by Gasteiger charge is -2.09. The Morgan fingerprint density at radius 1 is 1.28 bits per heavy atom. The first-order valence-corrected chi connectivity index (χ1v) is 6.47. The van der Waals surface area contributed by atoms with E-state index < -0.39 is 0 Å². The molecule has 0 aliphatic carbocycles. The highest BCUT2D eigenvalue weighted by atomic mass is 35.5. The number of esters is 1. The second-order valence-electron chi connectivity index (χ2n) is 4.23. The zero-order chi connectivity index (χ0) is 13.5. The average Bonchev–Trinajstić information content (AvgIpc) is 2.33. The number of aryl methyl sites for hydroxylation is 2. The van der Waals surface area contributed by atoms with Crippen LogP contribution >= 0.6 is 11.6 Å². The molecule has 0 N–H and O–H groups in total. The van der Waals surface area contributed by atoms with Crippen LogP contribution in [0.4, 0.5) is 0 Å². The van der Waals surface area contributed by atoms with E-state index in [1.807, 2.05) is 32.9 Å². The lowest BCUT2D eigenvalue weighted by Crippen LogP contribution is -2.15. The van der Waals surface area contributed by atoms with Crippen LogP contribution in [-0.2, 0) is 9.53 Å². The normalized spacial score (nSPS) is 10.2. The Labute approximate surface area is 113 Å². The Morgan fingerprint density at radius 3 is 2.44 bits per heavy atom. The summed E-state index contributed by atoms with van der Waals surface area (Å²) in [5.41, 5.74) is 1.87. The van der Waals surface area contributed by atoms with E-state index >= 15 is 0 Å². The molecule has 3 nitrogen and oxygen atoms in total. The zero-order valence-corrected chi connectivity index (χ0v) is 11.8. The van der Waals surface area contributed by atoms with E-state index in [4.69, 9.17) is 21.1 Å². The molecule has 0 unspecified atom stereocenters. The number of unbranched alkanes of at least 4 members (excludes halogenated alkanes) is 1. The van der Waals surface area contributed by atoms with Gasteiger partial charge >= 0.3 is 5.97 Å². The molecule has 0 fully saturated rings. The summed E-state index contributed by atoms with van der Waals surface area (Å²) >= 11 is 6.05. The molecular weight excluding hydrogens is 252 g/mol. The van der Waals surface area contributed by atoms with Crippen LogP contribution in [0.15, 0.2) is 12.1 Å². The Kier molecular flexibility index (Phi) is 5.99. The smallest absolute Gasteiger partial charge is 0.344 e. The Balaban J connectivity index is 2.46. The van der Waals surface area contributed by atoms with E-state index in [9.17, 15) is 4.79 Å². The van der Waals surface area contributed by atoms with E-state index in [2.05, 4.69) is 0 Å². The highest BCUT2D eigenvalue weighted by Crippen LogP contribution is 2.25. The summed E-state index contributed by atoms with van der Waals surface area (Å²) in [7, 11) is 0. The van der Waals surface area contributed by atoms with Crippen LogP contribution < -0.4 is 4.74 Å². The van der Waals surface area contributed by atoms with E-state index in [1.54, 1.807) is 0 Å². The summed E-state index contributed by atoms with van der Waals surface area (Å²) in [5, 5.41) is 0.730. The van der Waals surface area contributed by atoms with Gasteiger partial charge in [-0.25, -0.2) is 4.79 Å². The maximum atomic E-state index is 11.4. The van der Waals surface area contributed by atoms with Gasteiger partial charge in [-0.3, -0.25) is 0 Å². The minimum Gasteiger partial charge on any atom is -0.482 e. The third-order valence-electron chi connectivity index (χ3n) is 2.53. The first kappa shape index (κ1) is 14.8. The number of hydrogen-bond donors (Lipinski definition) is 0. The fraction of sp³-hybridized carbons (Fsp3) is 0.500. The van der Waals surface area contributed by atoms with Gasteiger partial charge in [0.1, 0.15) is 5.75 Å². The monoisotopic (exact) mass is 270 g/mol. The van der Waals surface area contributed by atoms with E-state index in [-0.39, 0.29) is 12.6 Å². The highest BCUT2D eigenvalue weighted by molar-refractivity contribution is 6.32. The van der Waals surface area contributed by atoms with Crippen LogP contribution in [-0.4, -0.2) is 19.2 Å². The van der Waals surface area contributed by atoms with Crippen molar-refractivity contribution in [3.05, 3.63) is 28.3 Å². The van der Waals surface area contributed by atoms with Gasteiger partial charge in [0.15, 0.2) is 6.61 Å².